The van der Waals surface area contributed by atoms with Gasteiger partial charge in [0.15, 0.2) is 29.5 Å². The number of para-hydroxylation sites is 3. The molecule has 646 valence electrons. The highest BCUT2D eigenvalue weighted by atomic mass is 32.2. The molecule has 120 heavy (non-hydrogen) atoms. The minimum absolute atomic E-state index is 0.141. The number of piperidine rings is 7. The lowest BCUT2D eigenvalue weighted by Gasteiger charge is -2.40. The molecule has 16 rings (SSSR count). The molecule has 3 aromatic carbocycles. The minimum Gasteiger partial charge on any atom is -0.481 e. The smallest absolute Gasteiger partial charge is 0.226 e. The number of fused-ring (bicyclic) bond motifs is 3. The number of ether oxygens (including phenoxy) is 4. The van der Waals surface area contributed by atoms with Crippen LogP contribution in [0.15, 0.2) is 91.4 Å². The van der Waals surface area contributed by atoms with Crippen molar-refractivity contribution < 1.29 is 49.3 Å². The van der Waals surface area contributed by atoms with Gasteiger partial charge in [0.1, 0.15) is 0 Å². The van der Waals surface area contributed by atoms with Gasteiger partial charge in [-0.1, -0.05) is 61.0 Å². The van der Waals surface area contributed by atoms with Crippen LogP contribution in [0.3, 0.4) is 0 Å². The zero-order valence-corrected chi connectivity index (χ0v) is 74.1. The van der Waals surface area contributed by atoms with Crippen LogP contribution in [0.5, 0.6) is 17.6 Å². The highest BCUT2D eigenvalue weighted by molar-refractivity contribution is 7.90. The van der Waals surface area contributed by atoms with Crippen molar-refractivity contribution >= 4 is 80.1 Å². The summed E-state index contributed by atoms with van der Waals surface area (Å²) in [7, 11) is -3.54. The van der Waals surface area contributed by atoms with Crippen molar-refractivity contribution in [3.05, 3.63) is 125 Å². The van der Waals surface area contributed by atoms with Crippen molar-refractivity contribution in [1.82, 2.24) is 64.5 Å². The van der Waals surface area contributed by atoms with Crippen LogP contribution in [0.4, 0.5) is 17.8 Å². The second-order valence-electron chi connectivity index (χ2n) is 34.6. The fraction of sp³-hybridized carbons (Fsp3) is 0.567. The third-order valence-corrected chi connectivity index (χ3v) is 27.3. The van der Waals surface area contributed by atoms with Crippen LogP contribution in [-0.4, -0.2) is 251 Å². The van der Waals surface area contributed by atoms with Crippen LogP contribution in [0.1, 0.15) is 163 Å². The molecule has 0 bridgehead atoms. The number of methoxy groups -OCH3 is 4. The van der Waals surface area contributed by atoms with Crippen molar-refractivity contribution in [2.45, 2.75) is 184 Å². The Morgan fingerprint density at radius 2 is 0.683 bits per heavy atom. The van der Waals surface area contributed by atoms with Crippen molar-refractivity contribution in [2.24, 2.45) is 5.92 Å². The number of hydrogen-bond acceptors (Lipinski definition) is 27. The molecule has 13 heterocycles. The molecule has 9 aromatic rings. The van der Waals surface area contributed by atoms with Crippen molar-refractivity contribution in [3.8, 4) is 51.4 Å². The maximum atomic E-state index is 12.2. The van der Waals surface area contributed by atoms with Crippen LogP contribution in [0.25, 0.3) is 66.5 Å². The Balaban J connectivity index is 0.000000148. The highest BCUT2D eigenvalue weighted by Gasteiger charge is 2.33. The lowest BCUT2D eigenvalue weighted by atomic mass is 9.83. The van der Waals surface area contributed by atoms with E-state index in [0.29, 0.717) is 52.3 Å². The summed E-state index contributed by atoms with van der Waals surface area (Å²) in [5.74, 6) is 2.97. The summed E-state index contributed by atoms with van der Waals surface area (Å²) in [6.45, 7) is 20.4. The number of likely N-dealkylation sites (tertiary alicyclic amines) is 4. The Bertz CT molecular complexity index is 5380. The van der Waals surface area contributed by atoms with E-state index >= 15 is 0 Å². The number of hydrogen-bond donors (Lipinski definition) is 1. The first-order valence-electron chi connectivity index (χ1n) is 43.2. The standard InChI is InChI=1S/C32H44N6O3S.C30H41N5O4S.C28H37N5O4S/c1-41-31-26(23-42(2,39)40)20-25(21-33-31)30-28-11-9-10-24(29(28)34-32(35-30)38-16-7-4-8-17-38)22-36-18-12-27(13-19-36)37-14-5-3-6-15-37;1-30(2,36)24-11-15-34(16-12-24)19-21-9-8-10-25-26(21)32-29(35-13-6-5-7-14-35)33-27(25)22-17-23(20-40(4,37)38)28(39-3)31-18-22;1-36-23-10-14-32(15-11-23)18-20-8-7-9-24-25(20)30-28(33-12-5-4-6-13-33)31-26(24)21-16-22(19-38(3,34)35)27(37-2)29-17-21/h9-11,20-21,27H,3-8,12-19,22-23H2,1-2H3;8-10,17-18,24,36H,5-7,11-16,19-20H2,1-4H3;7-9,16-17,23H,4-6,10-15,18-19H2,1-3H3. The predicted molar refractivity (Wildman–Crippen MR) is 475 cm³/mol. The topological polar surface area (TPSA) is 298 Å². The molecule has 0 unspecified atom stereocenters. The molecule has 27 nitrogen and oxygen atoms in total. The number of aromatic nitrogens is 9. The second kappa shape index (κ2) is 39.4. The van der Waals surface area contributed by atoms with Gasteiger partial charge in [0.05, 0.1) is 83.9 Å². The van der Waals surface area contributed by atoms with Crippen LogP contribution < -0.4 is 28.9 Å². The number of nitrogens with zero attached hydrogens (tertiary/aromatic N) is 16. The number of benzene rings is 3. The quantitative estimate of drug-likeness (QED) is 0.0587. The van der Waals surface area contributed by atoms with Gasteiger partial charge in [0.25, 0.3) is 0 Å². The molecular weight excluding hydrogens is 1580 g/mol. The molecule has 0 saturated carbocycles. The van der Waals surface area contributed by atoms with Gasteiger partial charge in [-0.15, -0.1) is 0 Å². The number of pyridine rings is 3. The van der Waals surface area contributed by atoms with Crippen molar-refractivity contribution in [3.63, 3.8) is 0 Å². The maximum Gasteiger partial charge on any atom is 0.226 e. The van der Waals surface area contributed by atoms with Gasteiger partial charge in [-0.3, -0.25) is 14.7 Å². The van der Waals surface area contributed by atoms with Gasteiger partial charge in [-0.05, 0) is 203 Å². The monoisotopic (exact) mass is 1700 g/mol. The van der Waals surface area contributed by atoms with E-state index in [4.69, 9.17) is 48.9 Å². The average molecular weight is 1700 g/mol. The lowest BCUT2D eigenvalue weighted by molar-refractivity contribution is -0.0135. The molecule has 0 radical (unpaired) electrons. The predicted octanol–water partition coefficient (Wildman–Crippen LogP) is 12.7. The summed E-state index contributed by atoms with van der Waals surface area (Å²) in [4.78, 5) is 61.1. The van der Waals surface area contributed by atoms with Crippen molar-refractivity contribution in [2.75, 3.05) is 154 Å². The SMILES string of the molecule is COc1ncc(-c2nc(N3CCCCC3)nc3c(CN4CCC(C(C)(C)O)CC4)cccc23)cc1CS(C)(=O)=O.COc1ncc(-c2nc(N3CCCCC3)nc3c(CN4CCC(N5CCCCC5)CC4)cccc23)cc1CS(C)(=O)=O.COc1ncc(-c2nc(N3CCCCC3)nc3c(CN4CCC(OC)CC4)cccc23)cc1CS(C)(=O)=O. The molecule has 6 aromatic heterocycles. The number of anilines is 3. The van der Waals surface area contributed by atoms with Gasteiger partial charge in [-0.25, -0.2) is 70.1 Å². The van der Waals surface area contributed by atoms with Gasteiger partial charge < -0.3 is 43.7 Å². The van der Waals surface area contributed by atoms with E-state index in [1.807, 2.05) is 50.2 Å². The van der Waals surface area contributed by atoms with Gasteiger partial charge in [-0.2, -0.15) is 0 Å². The van der Waals surface area contributed by atoms with E-state index < -0.39 is 35.1 Å². The third kappa shape index (κ3) is 22.5. The lowest BCUT2D eigenvalue weighted by Crippen LogP contribution is -2.46. The Hall–Kier alpha value is -8.46. The van der Waals surface area contributed by atoms with Crippen LogP contribution in [0, 0.1) is 5.92 Å². The highest BCUT2D eigenvalue weighted by Crippen LogP contribution is 2.40. The van der Waals surface area contributed by atoms with Crippen molar-refractivity contribution in [1.29, 1.82) is 0 Å². The fourth-order valence-electron chi connectivity index (χ4n) is 18.5. The molecule has 1 N–H and O–H groups in total. The molecule has 7 aliphatic rings. The first kappa shape index (κ1) is 87.9. The number of rotatable bonds is 24. The summed E-state index contributed by atoms with van der Waals surface area (Å²) >= 11 is 0. The zero-order chi connectivity index (χ0) is 84.3. The summed E-state index contributed by atoms with van der Waals surface area (Å²) in [5, 5.41) is 13.3. The first-order valence-corrected chi connectivity index (χ1v) is 49.4. The second-order valence-corrected chi connectivity index (χ2v) is 41.0. The van der Waals surface area contributed by atoms with E-state index in [1.54, 1.807) is 25.7 Å². The molecule has 0 amide bonds. The molecule has 0 atom stereocenters. The fourth-order valence-corrected chi connectivity index (χ4v) is 20.8. The third-order valence-electron chi connectivity index (χ3n) is 24.8. The summed E-state index contributed by atoms with van der Waals surface area (Å²) < 4.78 is 94.8. The summed E-state index contributed by atoms with van der Waals surface area (Å²) in [6.07, 6.45) is 30.1. The Morgan fingerprint density at radius 1 is 0.383 bits per heavy atom. The molecule has 0 spiro atoms. The van der Waals surface area contributed by atoms with E-state index in [0.717, 1.165) is 258 Å². The van der Waals surface area contributed by atoms with Gasteiger partial charge >= 0.3 is 0 Å². The minimum atomic E-state index is -3.30. The number of sulfone groups is 3. The molecule has 7 aliphatic heterocycles. The first-order chi connectivity index (χ1) is 57.7. The van der Waals surface area contributed by atoms with Crippen LogP contribution in [0.2, 0.25) is 0 Å². The van der Waals surface area contributed by atoms with Gasteiger partial charge in [0, 0.05) is 172 Å². The largest absolute Gasteiger partial charge is 0.481 e. The van der Waals surface area contributed by atoms with E-state index in [2.05, 4.69) is 85.6 Å². The van der Waals surface area contributed by atoms with E-state index in [-0.39, 0.29) is 17.3 Å². The Kier molecular flexibility index (Phi) is 28.8. The zero-order valence-electron chi connectivity index (χ0n) is 71.7. The van der Waals surface area contributed by atoms with Crippen LogP contribution in [-0.2, 0) is 71.1 Å². The van der Waals surface area contributed by atoms with E-state index in [1.165, 1.54) is 110 Å². The molecule has 7 fully saturated rings. The maximum absolute atomic E-state index is 12.2. The summed E-state index contributed by atoms with van der Waals surface area (Å²) in [5.41, 5.74) is 11.8. The average Bonchev–Trinajstić information content (AvgIpc) is 0.772. The number of aliphatic hydroxyl groups is 1. The summed E-state index contributed by atoms with van der Waals surface area (Å²) in [6, 6.07) is 25.1. The van der Waals surface area contributed by atoms with Gasteiger partial charge in [0.2, 0.25) is 35.5 Å². The van der Waals surface area contributed by atoms with Crippen LogP contribution >= 0.6 is 0 Å². The molecule has 30 heteroatoms. The Morgan fingerprint density at radius 3 is 0.975 bits per heavy atom. The Labute approximate surface area is 709 Å². The van der Waals surface area contributed by atoms with E-state index in [9.17, 15) is 30.4 Å². The normalized spacial score (nSPS) is 18.5. The molecular formula is C90H122N16O11S3. The molecule has 0 aliphatic carbocycles. The molecule has 7 saturated heterocycles.